The fourth-order valence-electron chi connectivity index (χ4n) is 2.62. The first-order chi connectivity index (χ1) is 12.2. The predicted molar refractivity (Wildman–Crippen MR) is 95.2 cm³/mol. The van der Waals surface area contributed by atoms with Gasteiger partial charge in [-0.3, -0.25) is 4.79 Å². The Hall–Kier alpha value is -2.53. The molecule has 1 saturated heterocycles. The first-order valence-electron chi connectivity index (χ1n) is 8.53. The molecule has 1 heterocycles. The van der Waals surface area contributed by atoms with Gasteiger partial charge in [-0.15, -0.1) is 0 Å². The van der Waals surface area contributed by atoms with Crippen molar-refractivity contribution in [1.82, 2.24) is 5.32 Å². The number of hydrogen-bond donors (Lipinski definition) is 1. The normalized spacial score (nSPS) is 16.9. The largest absolute Gasteiger partial charge is 0.484 e. The Kier molecular flexibility index (Phi) is 5.90. The van der Waals surface area contributed by atoms with Crippen molar-refractivity contribution in [3.8, 4) is 17.2 Å². The second-order valence-electron chi connectivity index (χ2n) is 6.16. The van der Waals surface area contributed by atoms with E-state index in [9.17, 15) is 4.79 Å². The number of hydrogen-bond acceptors (Lipinski definition) is 4. The highest BCUT2D eigenvalue weighted by molar-refractivity contribution is 5.77. The molecule has 0 spiro atoms. The standard InChI is InChI=1S/C20H23NO4/c1-15-4-6-18(7-5-15)25-19-10-8-17(9-11-19)24-14-20(22)21-16-3-2-12-23-13-16/h4-11,16H,2-3,12-14H2,1H3,(H,21,22). The molecule has 1 atom stereocenters. The molecule has 5 nitrogen and oxygen atoms in total. The topological polar surface area (TPSA) is 56.8 Å². The van der Waals surface area contributed by atoms with Crippen LogP contribution in [0.1, 0.15) is 18.4 Å². The Bertz CT molecular complexity index is 676. The molecule has 1 fully saturated rings. The van der Waals surface area contributed by atoms with Gasteiger partial charge in [-0.2, -0.15) is 0 Å². The molecule has 1 unspecified atom stereocenters. The zero-order chi connectivity index (χ0) is 17.5. The van der Waals surface area contributed by atoms with E-state index in [-0.39, 0.29) is 18.6 Å². The van der Waals surface area contributed by atoms with Crippen LogP contribution in [0.2, 0.25) is 0 Å². The summed E-state index contributed by atoms with van der Waals surface area (Å²) in [6, 6.07) is 15.2. The lowest BCUT2D eigenvalue weighted by Gasteiger charge is -2.23. The summed E-state index contributed by atoms with van der Waals surface area (Å²) in [5.41, 5.74) is 1.19. The van der Waals surface area contributed by atoms with Crippen LogP contribution in [0.5, 0.6) is 17.2 Å². The highest BCUT2D eigenvalue weighted by atomic mass is 16.5. The maximum Gasteiger partial charge on any atom is 0.258 e. The number of aryl methyl sites for hydroxylation is 1. The van der Waals surface area contributed by atoms with Crippen molar-refractivity contribution in [1.29, 1.82) is 0 Å². The van der Waals surface area contributed by atoms with Gasteiger partial charge in [-0.25, -0.2) is 0 Å². The monoisotopic (exact) mass is 341 g/mol. The van der Waals surface area contributed by atoms with E-state index in [2.05, 4.69) is 5.32 Å². The number of amides is 1. The summed E-state index contributed by atoms with van der Waals surface area (Å²) in [6.45, 7) is 3.39. The van der Waals surface area contributed by atoms with E-state index in [1.165, 1.54) is 5.56 Å². The quantitative estimate of drug-likeness (QED) is 0.874. The Morgan fingerprint density at radius 3 is 2.36 bits per heavy atom. The second-order valence-corrected chi connectivity index (χ2v) is 6.16. The van der Waals surface area contributed by atoms with Gasteiger partial charge in [0.15, 0.2) is 6.61 Å². The van der Waals surface area contributed by atoms with E-state index in [0.717, 1.165) is 30.9 Å². The van der Waals surface area contributed by atoms with Gasteiger partial charge in [0.1, 0.15) is 17.2 Å². The molecule has 3 rings (SSSR count). The van der Waals surface area contributed by atoms with Crippen molar-refractivity contribution in [3.05, 3.63) is 54.1 Å². The molecule has 0 aromatic heterocycles. The smallest absolute Gasteiger partial charge is 0.258 e. The molecule has 1 aliphatic rings. The average molecular weight is 341 g/mol. The highest BCUT2D eigenvalue weighted by Gasteiger charge is 2.16. The number of carbonyl (C=O) groups is 1. The molecule has 5 heteroatoms. The molecule has 1 amide bonds. The zero-order valence-corrected chi connectivity index (χ0v) is 14.4. The van der Waals surface area contributed by atoms with Crippen LogP contribution in [-0.2, 0) is 9.53 Å². The fourth-order valence-corrected chi connectivity index (χ4v) is 2.62. The first-order valence-corrected chi connectivity index (χ1v) is 8.53. The van der Waals surface area contributed by atoms with E-state index in [4.69, 9.17) is 14.2 Å². The molecule has 2 aromatic rings. The highest BCUT2D eigenvalue weighted by Crippen LogP contribution is 2.24. The molecular formula is C20H23NO4. The molecule has 1 N–H and O–H groups in total. The van der Waals surface area contributed by atoms with Gasteiger partial charge in [0, 0.05) is 6.61 Å². The van der Waals surface area contributed by atoms with Crippen molar-refractivity contribution in [2.45, 2.75) is 25.8 Å². The summed E-state index contributed by atoms with van der Waals surface area (Å²) >= 11 is 0. The van der Waals surface area contributed by atoms with Crippen molar-refractivity contribution >= 4 is 5.91 Å². The van der Waals surface area contributed by atoms with Crippen LogP contribution in [0.4, 0.5) is 0 Å². The number of carbonyl (C=O) groups excluding carboxylic acids is 1. The van der Waals surface area contributed by atoms with Gasteiger partial charge >= 0.3 is 0 Å². The zero-order valence-electron chi connectivity index (χ0n) is 14.4. The van der Waals surface area contributed by atoms with Crippen LogP contribution < -0.4 is 14.8 Å². The third-order valence-electron chi connectivity index (χ3n) is 3.98. The van der Waals surface area contributed by atoms with E-state index in [0.29, 0.717) is 12.4 Å². The van der Waals surface area contributed by atoms with Gasteiger partial charge in [-0.05, 0) is 56.2 Å². The number of rotatable bonds is 6. The Balaban J connectivity index is 1.45. The van der Waals surface area contributed by atoms with E-state index >= 15 is 0 Å². The van der Waals surface area contributed by atoms with Gasteiger partial charge in [-0.1, -0.05) is 17.7 Å². The summed E-state index contributed by atoms with van der Waals surface area (Å²) in [4.78, 5) is 11.9. The Morgan fingerprint density at radius 2 is 1.72 bits per heavy atom. The lowest BCUT2D eigenvalue weighted by molar-refractivity contribution is -0.124. The van der Waals surface area contributed by atoms with Crippen LogP contribution in [0.15, 0.2) is 48.5 Å². The third kappa shape index (κ3) is 5.50. The lowest BCUT2D eigenvalue weighted by atomic mass is 10.1. The van der Waals surface area contributed by atoms with Gasteiger partial charge < -0.3 is 19.5 Å². The minimum absolute atomic E-state index is 0.00529. The van der Waals surface area contributed by atoms with E-state index < -0.39 is 0 Å². The molecule has 0 bridgehead atoms. The summed E-state index contributed by atoms with van der Waals surface area (Å²) in [5, 5.41) is 2.92. The Morgan fingerprint density at radius 1 is 1.08 bits per heavy atom. The predicted octanol–water partition coefficient (Wildman–Crippen LogP) is 3.46. The Labute approximate surface area is 147 Å². The first kappa shape index (κ1) is 17.3. The fraction of sp³-hybridized carbons (Fsp3) is 0.350. The number of benzene rings is 2. The van der Waals surface area contributed by atoms with Crippen molar-refractivity contribution in [2.24, 2.45) is 0 Å². The summed E-state index contributed by atoms with van der Waals surface area (Å²) in [7, 11) is 0. The van der Waals surface area contributed by atoms with E-state index in [1.54, 1.807) is 12.1 Å². The van der Waals surface area contributed by atoms with Crippen molar-refractivity contribution in [3.63, 3.8) is 0 Å². The molecule has 2 aromatic carbocycles. The minimum atomic E-state index is -0.129. The molecule has 1 aliphatic heterocycles. The maximum absolute atomic E-state index is 11.9. The van der Waals surface area contributed by atoms with Crippen molar-refractivity contribution in [2.75, 3.05) is 19.8 Å². The third-order valence-corrected chi connectivity index (χ3v) is 3.98. The molecule has 132 valence electrons. The summed E-state index contributed by atoms with van der Waals surface area (Å²) in [6.07, 6.45) is 1.94. The molecule has 0 aliphatic carbocycles. The van der Waals surface area contributed by atoms with Crippen molar-refractivity contribution < 1.29 is 19.0 Å². The minimum Gasteiger partial charge on any atom is -0.484 e. The second kappa shape index (κ2) is 8.53. The number of nitrogens with one attached hydrogen (secondary N) is 1. The van der Waals surface area contributed by atoms with Gasteiger partial charge in [0.25, 0.3) is 5.91 Å². The SMILES string of the molecule is Cc1ccc(Oc2ccc(OCC(=O)NC3CCCOC3)cc2)cc1. The average Bonchev–Trinajstić information content (AvgIpc) is 2.64. The van der Waals surface area contributed by atoms with Gasteiger partial charge in [0.05, 0.1) is 12.6 Å². The van der Waals surface area contributed by atoms with Crippen LogP contribution in [-0.4, -0.2) is 31.8 Å². The lowest BCUT2D eigenvalue weighted by Crippen LogP contribution is -2.42. The summed E-state index contributed by atoms with van der Waals surface area (Å²) < 4.78 is 16.6. The molecule has 0 saturated carbocycles. The van der Waals surface area contributed by atoms with Crippen LogP contribution >= 0.6 is 0 Å². The van der Waals surface area contributed by atoms with Crippen LogP contribution in [0.3, 0.4) is 0 Å². The maximum atomic E-state index is 11.9. The molecule has 0 radical (unpaired) electrons. The molecule has 25 heavy (non-hydrogen) atoms. The van der Waals surface area contributed by atoms with Crippen LogP contribution in [0.25, 0.3) is 0 Å². The number of ether oxygens (including phenoxy) is 3. The van der Waals surface area contributed by atoms with Crippen LogP contribution in [0, 0.1) is 6.92 Å². The summed E-state index contributed by atoms with van der Waals surface area (Å²) in [5.74, 6) is 2.01. The van der Waals surface area contributed by atoms with E-state index in [1.807, 2.05) is 43.3 Å². The molecular weight excluding hydrogens is 318 g/mol. The van der Waals surface area contributed by atoms with Gasteiger partial charge in [0.2, 0.25) is 0 Å².